The van der Waals surface area contributed by atoms with E-state index in [0.717, 1.165) is 16.7 Å². The molecule has 2 aliphatic rings. The van der Waals surface area contributed by atoms with E-state index in [-0.39, 0.29) is 11.9 Å². The summed E-state index contributed by atoms with van der Waals surface area (Å²) in [7, 11) is 0. The van der Waals surface area contributed by atoms with Gasteiger partial charge in [0.1, 0.15) is 5.84 Å². The van der Waals surface area contributed by atoms with Crippen molar-refractivity contribution in [1.82, 2.24) is 5.32 Å². The number of rotatable bonds is 3. The Morgan fingerprint density at radius 3 is 2.58 bits per heavy atom. The van der Waals surface area contributed by atoms with Crippen LogP contribution < -0.4 is 16.8 Å². The van der Waals surface area contributed by atoms with Gasteiger partial charge in [-0.15, -0.1) is 0 Å². The van der Waals surface area contributed by atoms with Crippen LogP contribution in [-0.4, -0.2) is 36.3 Å². The van der Waals surface area contributed by atoms with Crippen LogP contribution in [0.4, 0.5) is 0 Å². The van der Waals surface area contributed by atoms with Crippen molar-refractivity contribution in [2.24, 2.45) is 21.6 Å². The SMILES string of the molecule is CC1N=C(N)NC=C1c1ccc(C2(/C(N)=N/O)CCOCC2)cc1. The summed E-state index contributed by atoms with van der Waals surface area (Å²) >= 11 is 0. The van der Waals surface area contributed by atoms with Crippen LogP contribution in [0.3, 0.4) is 0 Å². The lowest BCUT2D eigenvalue weighted by Gasteiger charge is -2.36. The monoisotopic (exact) mass is 329 g/mol. The molecule has 1 fully saturated rings. The van der Waals surface area contributed by atoms with Crippen molar-refractivity contribution in [3.05, 3.63) is 41.6 Å². The van der Waals surface area contributed by atoms with Gasteiger partial charge < -0.3 is 26.7 Å². The second-order valence-electron chi connectivity index (χ2n) is 6.19. The van der Waals surface area contributed by atoms with E-state index in [0.29, 0.717) is 32.0 Å². The summed E-state index contributed by atoms with van der Waals surface area (Å²) in [5, 5.41) is 15.4. The van der Waals surface area contributed by atoms with Gasteiger partial charge in [0, 0.05) is 19.4 Å². The molecule has 7 nitrogen and oxygen atoms in total. The Hall–Kier alpha value is -2.54. The predicted octanol–water partition coefficient (Wildman–Crippen LogP) is 1.13. The molecule has 7 heteroatoms. The number of benzene rings is 1. The zero-order valence-electron chi connectivity index (χ0n) is 13.7. The lowest BCUT2D eigenvalue weighted by Crippen LogP contribution is -2.45. The number of nitrogens with zero attached hydrogens (tertiary/aromatic N) is 2. The lowest BCUT2D eigenvalue weighted by atomic mass is 9.73. The fourth-order valence-corrected chi connectivity index (χ4v) is 3.40. The summed E-state index contributed by atoms with van der Waals surface area (Å²) in [6.45, 7) is 3.19. The Kier molecular flexibility index (Phi) is 4.44. The predicted molar refractivity (Wildman–Crippen MR) is 93.8 cm³/mol. The molecule has 2 aliphatic heterocycles. The number of aliphatic imine (C=N–C) groups is 1. The molecule has 3 rings (SSSR count). The zero-order chi connectivity index (χ0) is 17.2. The third-order valence-corrected chi connectivity index (χ3v) is 4.87. The number of oxime groups is 1. The highest BCUT2D eigenvalue weighted by Crippen LogP contribution is 2.36. The van der Waals surface area contributed by atoms with Crippen LogP contribution >= 0.6 is 0 Å². The maximum Gasteiger partial charge on any atom is 0.193 e. The summed E-state index contributed by atoms with van der Waals surface area (Å²) in [4.78, 5) is 4.33. The highest BCUT2D eigenvalue weighted by atomic mass is 16.5. The van der Waals surface area contributed by atoms with E-state index in [1.807, 2.05) is 37.4 Å². The fraction of sp³-hybridized carbons (Fsp3) is 0.412. The molecule has 128 valence electrons. The van der Waals surface area contributed by atoms with Crippen molar-refractivity contribution in [2.45, 2.75) is 31.2 Å². The molecule has 1 unspecified atom stereocenters. The summed E-state index contributed by atoms with van der Waals surface area (Å²) in [5.41, 5.74) is 14.4. The van der Waals surface area contributed by atoms with Gasteiger partial charge >= 0.3 is 0 Å². The smallest absolute Gasteiger partial charge is 0.193 e. The van der Waals surface area contributed by atoms with Crippen LogP contribution in [0, 0.1) is 0 Å². The van der Waals surface area contributed by atoms with Gasteiger partial charge in [0.25, 0.3) is 0 Å². The number of nitrogens with two attached hydrogens (primary N) is 2. The van der Waals surface area contributed by atoms with E-state index in [1.165, 1.54) is 0 Å². The average molecular weight is 329 g/mol. The van der Waals surface area contributed by atoms with Gasteiger partial charge in [-0.1, -0.05) is 29.4 Å². The number of guanidine groups is 1. The molecular formula is C17H23N5O2. The normalized spacial score (nSPS) is 23.9. The van der Waals surface area contributed by atoms with Gasteiger partial charge in [-0.05, 0) is 36.5 Å². The molecule has 1 aromatic rings. The van der Waals surface area contributed by atoms with Crippen molar-refractivity contribution >= 4 is 17.4 Å². The molecular weight excluding hydrogens is 306 g/mol. The Bertz CT molecular complexity index is 687. The zero-order valence-corrected chi connectivity index (χ0v) is 13.7. The minimum atomic E-state index is -0.473. The summed E-state index contributed by atoms with van der Waals surface area (Å²) in [5.74, 6) is 0.666. The summed E-state index contributed by atoms with van der Waals surface area (Å²) < 4.78 is 5.45. The van der Waals surface area contributed by atoms with Crippen molar-refractivity contribution in [3.63, 3.8) is 0 Å². The Balaban J connectivity index is 1.91. The first-order valence-electron chi connectivity index (χ1n) is 8.03. The Labute approximate surface area is 141 Å². The first-order chi connectivity index (χ1) is 11.6. The summed E-state index contributed by atoms with van der Waals surface area (Å²) in [6, 6.07) is 8.15. The van der Waals surface area contributed by atoms with Crippen molar-refractivity contribution in [3.8, 4) is 0 Å². The summed E-state index contributed by atoms with van der Waals surface area (Å²) in [6.07, 6.45) is 3.28. The number of ether oxygens (including phenoxy) is 1. The molecule has 1 aromatic carbocycles. The highest BCUT2D eigenvalue weighted by Gasteiger charge is 2.39. The van der Waals surface area contributed by atoms with E-state index in [9.17, 15) is 5.21 Å². The van der Waals surface area contributed by atoms with Gasteiger partial charge in [0.2, 0.25) is 0 Å². The van der Waals surface area contributed by atoms with Gasteiger partial charge in [0.05, 0.1) is 11.5 Å². The minimum Gasteiger partial charge on any atom is -0.409 e. The van der Waals surface area contributed by atoms with E-state index in [1.54, 1.807) is 0 Å². The largest absolute Gasteiger partial charge is 0.409 e. The molecule has 0 bridgehead atoms. The highest BCUT2D eigenvalue weighted by molar-refractivity contribution is 5.91. The van der Waals surface area contributed by atoms with Crippen molar-refractivity contribution in [2.75, 3.05) is 13.2 Å². The Morgan fingerprint density at radius 2 is 2.00 bits per heavy atom. The third kappa shape index (κ3) is 2.82. The number of amidine groups is 1. The van der Waals surface area contributed by atoms with E-state index in [4.69, 9.17) is 16.2 Å². The van der Waals surface area contributed by atoms with Crippen molar-refractivity contribution in [1.29, 1.82) is 0 Å². The second-order valence-corrected chi connectivity index (χ2v) is 6.19. The van der Waals surface area contributed by atoms with Crippen LogP contribution in [0.1, 0.15) is 30.9 Å². The molecule has 1 saturated heterocycles. The lowest BCUT2D eigenvalue weighted by molar-refractivity contribution is 0.0695. The molecule has 0 saturated carbocycles. The van der Waals surface area contributed by atoms with E-state index in [2.05, 4.69) is 15.5 Å². The standard InChI is InChI=1S/C17H23N5O2/c1-11-14(10-20-16(19)21-11)12-2-4-13(5-3-12)17(15(18)22-23)6-8-24-9-7-17/h2-5,10-11,23H,6-9H2,1H3,(H2,18,22)(H3,19,20,21). The van der Waals surface area contributed by atoms with E-state index < -0.39 is 5.41 Å². The van der Waals surface area contributed by atoms with Gasteiger partial charge in [-0.2, -0.15) is 0 Å². The number of hydrogen-bond donors (Lipinski definition) is 4. The fourth-order valence-electron chi connectivity index (χ4n) is 3.40. The molecule has 6 N–H and O–H groups in total. The topological polar surface area (TPSA) is 118 Å². The van der Waals surface area contributed by atoms with Crippen LogP contribution in [-0.2, 0) is 10.2 Å². The molecule has 0 aliphatic carbocycles. The van der Waals surface area contributed by atoms with Crippen LogP contribution in [0.2, 0.25) is 0 Å². The first-order valence-corrected chi connectivity index (χ1v) is 8.03. The Morgan fingerprint density at radius 1 is 1.33 bits per heavy atom. The van der Waals surface area contributed by atoms with Gasteiger partial charge in [-0.3, -0.25) is 0 Å². The third-order valence-electron chi connectivity index (χ3n) is 4.87. The molecule has 0 amide bonds. The van der Waals surface area contributed by atoms with Gasteiger partial charge in [0.15, 0.2) is 5.96 Å². The molecule has 0 radical (unpaired) electrons. The molecule has 1 atom stereocenters. The second kappa shape index (κ2) is 6.52. The van der Waals surface area contributed by atoms with E-state index >= 15 is 0 Å². The maximum atomic E-state index is 9.21. The number of nitrogens with one attached hydrogen (secondary N) is 1. The van der Waals surface area contributed by atoms with Crippen molar-refractivity contribution < 1.29 is 9.94 Å². The molecule has 2 heterocycles. The van der Waals surface area contributed by atoms with Crippen LogP contribution in [0.15, 0.2) is 40.6 Å². The van der Waals surface area contributed by atoms with Crippen LogP contribution in [0.5, 0.6) is 0 Å². The minimum absolute atomic E-state index is 0.00165. The molecule has 24 heavy (non-hydrogen) atoms. The van der Waals surface area contributed by atoms with Crippen LogP contribution in [0.25, 0.3) is 5.57 Å². The molecule has 0 spiro atoms. The quantitative estimate of drug-likeness (QED) is 0.287. The van der Waals surface area contributed by atoms with Gasteiger partial charge in [-0.25, -0.2) is 4.99 Å². The average Bonchev–Trinajstić information content (AvgIpc) is 2.62. The number of hydrogen-bond acceptors (Lipinski definition) is 6. The first kappa shape index (κ1) is 16.3. The molecule has 0 aromatic heterocycles. The maximum absolute atomic E-state index is 9.21.